The average Bonchev–Trinajstić information content (AvgIpc) is 2.20. The fourth-order valence-electron chi connectivity index (χ4n) is 0.875. The van der Waals surface area contributed by atoms with E-state index in [0.29, 0.717) is 0 Å². The number of ether oxygens (including phenoxy) is 1. The Morgan fingerprint density at radius 2 is 2.06 bits per heavy atom. The summed E-state index contributed by atoms with van der Waals surface area (Å²) < 4.78 is 51.7. The van der Waals surface area contributed by atoms with E-state index in [4.69, 9.17) is 11.6 Å². The predicted molar refractivity (Wildman–Crippen MR) is 52.4 cm³/mol. The summed E-state index contributed by atoms with van der Waals surface area (Å²) in [5.41, 5.74) is 0.0311. The van der Waals surface area contributed by atoms with Crippen LogP contribution in [0, 0.1) is 5.82 Å². The maximum absolute atomic E-state index is 12.7. The van der Waals surface area contributed by atoms with Gasteiger partial charge in [-0.25, -0.2) is 9.18 Å². The molecule has 0 aliphatic carbocycles. The molecule has 1 aromatic carbocycles. The SMILES string of the molecule is O=C(Nc1ccc(F)c(Cl)c1)OCC(F)(F)F. The number of alkyl halides is 3. The van der Waals surface area contributed by atoms with Gasteiger partial charge in [-0.05, 0) is 18.2 Å². The highest BCUT2D eigenvalue weighted by molar-refractivity contribution is 6.31. The summed E-state index contributed by atoms with van der Waals surface area (Å²) in [6, 6.07) is 3.14. The normalized spacial score (nSPS) is 11.1. The van der Waals surface area contributed by atoms with Crippen molar-refractivity contribution < 1.29 is 27.1 Å². The molecule has 0 radical (unpaired) electrons. The first-order valence-electron chi connectivity index (χ1n) is 4.23. The summed E-state index contributed by atoms with van der Waals surface area (Å²) in [5, 5.41) is 1.71. The van der Waals surface area contributed by atoms with Gasteiger partial charge in [0.15, 0.2) is 6.61 Å². The molecule has 3 nitrogen and oxygen atoms in total. The van der Waals surface area contributed by atoms with Gasteiger partial charge in [0.05, 0.1) is 5.02 Å². The van der Waals surface area contributed by atoms with E-state index in [9.17, 15) is 22.4 Å². The predicted octanol–water partition coefficient (Wildman–Crippen LogP) is 3.59. The van der Waals surface area contributed by atoms with E-state index in [1.54, 1.807) is 0 Å². The Morgan fingerprint density at radius 3 is 2.59 bits per heavy atom. The number of carbonyl (C=O) groups is 1. The Kier molecular flexibility index (Phi) is 4.17. The highest BCUT2D eigenvalue weighted by Crippen LogP contribution is 2.20. The van der Waals surface area contributed by atoms with E-state index in [0.717, 1.165) is 18.2 Å². The molecule has 0 spiro atoms. The Hall–Kier alpha value is -1.50. The second-order valence-electron chi connectivity index (χ2n) is 2.95. The standard InChI is InChI=1S/C9H6ClF4NO2/c10-6-3-5(1-2-7(6)11)15-8(16)17-4-9(12,13)14/h1-3H,4H2,(H,15,16). The Bertz CT molecular complexity index is 422. The molecule has 0 heterocycles. The zero-order valence-corrected chi connectivity index (χ0v) is 8.90. The Labute approximate surface area is 98.3 Å². The average molecular weight is 272 g/mol. The van der Waals surface area contributed by atoms with Crippen molar-refractivity contribution in [2.24, 2.45) is 0 Å². The number of rotatable bonds is 2. The molecule has 8 heteroatoms. The van der Waals surface area contributed by atoms with Crippen molar-refractivity contribution in [2.45, 2.75) is 6.18 Å². The van der Waals surface area contributed by atoms with Gasteiger partial charge >= 0.3 is 12.3 Å². The molecule has 0 atom stereocenters. The van der Waals surface area contributed by atoms with E-state index in [-0.39, 0.29) is 10.7 Å². The monoisotopic (exact) mass is 271 g/mol. The van der Waals surface area contributed by atoms with Crippen molar-refractivity contribution in [3.05, 3.63) is 29.0 Å². The lowest BCUT2D eigenvalue weighted by Gasteiger charge is -2.09. The van der Waals surface area contributed by atoms with E-state index in [1.807, 2.05) is 5.32 Å². The number of amides is 1. The van der Waals surface area contributed by atoms with Gasteiger partial charge in [-0.2, -0.15) is 13.2 Å². The second kappa shape index (κ2) is 5.22. The third-order valence-electron chi connectivity index (χ3n) is 1.53. The van der Waals surface area contributed by atoms with Crippen molar-refractivity contribution in [3.8, 4) is 0 Å². The fourth-order valence-corrected chi connectivity index (χ4v) is 1.06. The van der Waals surface area contributed by atoms with Gasteiger partial charge < -0.3 is 4.74 Å². The number of benzene rings is 1. The van der Waals surface area contributed by atoms with E-state index >= 15 is 0 Å². The van der Waals surface area contributed by atoms with Crippen molar-refractivity contribution in [2.75, 3.05) is 11.9 Å². The number of nitrogens with one attached hydrogen (secondary N) is 1. The summed E-state index contributed by atoms with van der Waals surface area (Å²) >= 11 is 5.40. The van der Waals surface area contributed by atoms with Crippen LogP contribution in [0.1, 0.15) is 0 Å². The van der Waals surface area contributed by atoms with Crippen LogP contribution in [0.25, 0.3) is 0 Å². The molecule has 0 fully saturated rings. The molecular weight excluding hydrogens is 266 g/mol. The smallest absolute Gasteiger partial charge is 0.422 e. The summed E-state index contributed by atoms with van der Waals surface area (Å²) in [6.45, 7) is -1.70. The van der Waals surface area contributed by atoms with E-state index < -0.39 is 24.7 Å². The van der Waals surface area contributed by atoms with Gasteiger partial charge in [-0.3, -0.25) is 5.32 Å². The van der Waals surface area contributed by atoms with Crippen LogP contribution in [-0.2, 0) is 4.74 Å². The van der Waals surface area contributed by atoms with Gasteiger partial charge in [-0.1, -0.05) is 11.6 Å². The molecule has 1 aromatic rings. The molecule has 0 saturated heterocycles. The molecule has 94 valence electrons. The minimum absolute atomic E-state index is 0.0311. The van der Waals surface area contributed by atoms with Gasteiger partial charge in [0.25, 0.3) is 0 Å². The zero-order valence-electron chi connectivity index (χ0n) is 8.15. The third-order valence-corrected chi connectivity index (χ3v) is 1.82. The molecule has 1 rings (SSSR count). The molecule has 1 amide bonds. The number of hydrogen-bond acceptors (Lipinski definition) is 2. The molecule has 1 N–H and O–H groups in total. The highest BCUT2D eigenvalue weighted by atomic mass is 35.5. The molecule has 0 aliphatic heterocycles. The molecule has 0 bridgehead atoms. The van der Waals surface area contributed by atoms with E-state index in [2.05, 4.69) is 4.74 Å². The highest BCUT2D eigenvalue weighted by Gasteiger charge is 2.29. The van der Waals surface area contributed by atoms with Crippen molar-refractivity contribution in [3.63, 3.8) is 0 Å². The van der Waals surface area contributed by atoms with Crippen LogP contribution in [0.5, 0.6) is 0 Å². The minimum Gasteiger partial charge on any atom is -0.440 e. The van der Waals surface area contributed by atoms with Crippen LogP contribution < -0.4 is 5.32 Å². The van der Waals surface area contributed by atoms with Crippen LogP contribution >= 0.6 is 11.6 Å². The van der Waals surface area contributed by atoms with Crippen LogP contribution in [0.15, 0.2) is 18.2 Å². The number of halogens is 5. The van der Waals surface area contributed by atoms with Crippen LogP contribution in [0.4, 0.5) is 28.0 Å². The topological polar surface area (TPSA) is 38.3 Å². The summed E-state index contributed by atoms with van der Waals surface area (Å²) in [6.07, 6.45) is -5.90. The zero-order chi connectivity index (χ0) is 13.1. The van der Waals surface area contributed by atoms with E-state index in [1.165, 1.54) is 0 Å². The first-order valence-corrected chi connectivity index (χ1v) is 4.61. The van der Waals surface area contributed by atoms with Gasteiger partial charge in [0.1, 0.15) is 5.82 Å². The maximum atomic E-state index is 12.7. The van der Waals surface area contributed by atoms with Crippen LogP contribution in [0.3, 0.4) is 0 Å². The molecule has 0 unspecified atom stereocenters. The molecule has 17 heavy (non-hydrogen) atoms. The number of carbonyl (C=O) groups excluding carboxylic acids is 1. The van der Waals surface area contributed by atoms with Crippen molar-refractivity contribution >= 4 is 23.4 Å². The van der Waals surface area contributed by atoms with Gasteiger partial charge in [0.2, 0.25) is 0 Å². The lowest BCUT2D eigenvalue weighted by atomic mass is 10.3. The van der Waals surface area contributed by atoms with Crippen molar-refractivity contribution in [1.29, 1.82) is 0 Å². The molecular formula is C9H6ClF4NO2. The minimum atomic E-state index is -4.60. The second-order valence-corrected chi connectivity index (χ2v) is 3.35. The van der Waals surface area contributed by atoms with Crippen LogP contribution in [0.2, 0.25) is 5.02 Å². The fraction of sp³-hybridized carbons (Fsp3) is 0.222. The number of anilines is 1. The largest absolute Gasteiger partial charge is 0.440 e. The molecule has 0 aromatic heterocycles. The molecule has 0 saturated carbocycles. The van der Waals surface area contributed by atoms with Crippen LogP contribution in [-0.4, -0.2) is 18.9 Å². The third kappa shape index (κ3) is 4.90. The quantitative estimate of drug-likeness (QED) is 0.835. The number of hydrogen-bond donors (Lipinski definition) is 1. The Balaban J connectivity index is 2.54. The van der Waals surface area contributed by atoms with Crippen molar-refractivity contribution in [1.82, 2.24) is 0 Å². The summed E-state index contributed by atoms with van der Waals surface area (Å²) in [5.74, 6) is -0.708. The lowest BCUT2D eigenvalue weighted by Crippen LogP contribution is -2.23. The molecule has 0 aliphatic rings. The maximum Gasteiger partial charge on any atom is 0.422 e. The first kappa shape index (κ1) is 13.6. The lowest BCUT2D eigenvalue weighted by molar-refractivity contribution is -0.159. The summed E-state index contributed by atoms with van der Waals surface area (Å²) in [4.78, 5) is 10.9. The Morgan fingerprint density at radius 1 is 1.41 bits per heavy atom. The van der Waals surface area contributed by atoms with Gasteiger partial charge in [-0.15, -0.1) is 0 Å². The summed E-state index contributed by atoms with van der Waals surface area (Å²) in [7, 11) is 0. The van der Waals surface area contributed by atoms with Gasteiger partial charge in [0, 0.05) is 5.69 Å². The first-order chi connectivity index (χ1) is 7.78.